The summed E-state index contributed by atoms with van der Waals surface area (Å²) < 4.78 is 17.0. The van der Waals surface area contributed by atoms with Gasteiger partial charge < -0.3 is 14.2 Å². The molecule has 0 saturated heterocycles. The fraction of sp³-hybridized carbons (Fsp3) is 0.877. The molecule has 0 rings (SSSR count). The minimum atomic E-state index is -0.772. The van der Waals surface area contributed by atoms with E-state index >= 15 is 0 Å². The lowest BCUT2D eigenvalue weighted by Crippen LogP contribution is -2.30. The molecule has 0 aromatic carbocycles. The molecule has 0 heterocycles. The van der Waals surface area contributed by atoms with Gasteiger partial charge in [0.25, 0.3) is 0 Å². The van der Waals surface area contributed by atoms with Crippen molar-refractivity contribution in [1.29, 1.82) is 0 Å². The van der Waals surface area contributed by atoms with Crippen LogP contribution in [0.5, 0.6) is 0 Å². The summed E-state index contributed by atoms with van der Waals surface area (Å²) >= 11 is 0. The smallest absolute Gasteiger partial charge is 0.306 e. The molecule has 0 aliphatic carbocycles. The highest BCUT2D eigenvalue weighted by Crippen LogP contribution is 2.18. The van der Waals surface area contributed by atoms with Crippen LogP contribution in [0.1, 0.15) is 393 Å². The highest BCUT2D eigenvalue weighted by molar-refractivity contribution is 5.71. The number of hydrogen-bond donors (Lipinski definition) is 0. The highest BCUT2D eigenvalue weighted by Gasteiger charge is 2.19. The largest absolute Gasteiger partial charge is 0.462 e. The first-order valence-corrected chi connectivity index (χ1v) is 35.5. The summed E-state index contributed by atoms with van der Waals surface area (Å²) in [5.41, 5.74) is 0. The number of hydrogen-bond acceptors (Lipinski definition) is 6. The second-order valence-corrected chi connectivity index (χ2v) is 24.1. The molecule has 79 heavy (non-hydrogen) atoms. The van der Waals surface area contributed by atoms with Gasteiger partial charge in [-0.2, -0.15) is 0 Å². The lowest BCUT2D eigenvalue weighted by Gasteiger charge is -2.18. The number of carbonyl (C=O) groups is 3. The summed E-state index contributed by atoms with van der Waals surface area (Å²) in [5.74, 6) is -0.850. The molecule has 0 aromatic rings. The zero-order valence-electron chi connectivity index (χ0n) is 53.4. The third kappa shape index (κ3) is 66.3. The average Bonchev–Trinajstić information content (AvgIpc) is 3.45. The molecular weight excluding hydrogens is 973 g/mol. The van der Waals surface area contributed by atoms with Crippen LogP contribution in [0.15, 0.2) is 36.5 Å². The third-order valence-electron chi connectivity index (χ3n) is 16.1. The van der Waals surface area contributed by atoms with Crippen LogP contribution in [0, 0.1) is 0 Å². The summed E-state index contributed by atoms with van der Waals surface area (Å²) in [6.45, 7) is 6.68. The van der Waals surface area contributed by atoms with E-state index in [1.54, 1.807) is 0 Å². The van der Waals surface area contributed by atoms with E-state index in [0.717, 1.165) is 70.6 Å². The summed E-state index contributed by atoms with van der Waals surface area (Å²) in [6.07, 6.45) is 84.7. The Kier molecular flexibility index (Phi) is 66.1. The van der Waals surface area contributed by atoms with Gasteiger partial charge in [0.15, 0.2) is 6.10 Å². The fourth-order valence-electron chi connectivity index (χ4n) is 10.8. The molecule has 0 saturated carbocycles. The standard InChI is InChI=1S/C73H136O6/c1-4-7-10-13-16-19-22-25-27-28-29-30-31-32-33-34-35-36-37-38-39-40-41-42-43-44-46-48-51-54-57-60-63-66-72(75)78-69-70(68-77-71(74)65-62-59-56-53-50-47-24-21-18-15-12-9-6-3)79-73(76)67-64-61-58-55-52-49-45-26-23-20-17-14-11-8-5-2/h22,25-26,28-29,45,70H,4-21,23-24,27,30-44,46-69H2,1-3H3/b25-22-,29-28-,45-26-. The Balaban J connectivity index is 4.08. The second-order valence-electron chi connectivity index (χ2n) is 24.1. The molecule has 0 aliphatic heterocycles. The van der Waals surface area contributed by atoms with E-state index in [9.17, 15) is 14.4 Å². The number of carbonyl (C=O) groups excluding carboxylic acids is 3. The molecule has 0 fully saturated rings. The molecular formula is C73H136O6. The minimum absolute atomic E-state index is 0.0692. The molecule has 0 N–H and O–H groups in total. The lowest BCUT2D eigenvalue weighted by molar-refractivity contribution is -0.167. The van der Waals surface area contributed by atoms with Crippen molar-refractivity contribution >= 4 is 17.9 Å². The summed E-state index contributed by atoms with van der Waals surface area (Å²) in [5, 5.41) is 0. The van der Waals surface area contributed by atoms with Gasteiger partial charge in [-0.3, -0.25) is 14.4 Å². The summed E-state index contributed by atoms with van der Waals surface area (Å²) in [4.78, 5) is 38.3. The monoisotopic (exact) mass is 1110 g/mol. The van der Waals surface area contributed by atoms with Gasteiger partial charge >= 0.3 is 17.9 Å². The quantitative estimate of drug-likeness (QED) is 0.0261. The van der Waals surface area contributed by atoms with Crippen LogP contribution in [0.25, 0.3) is 0 Å². The molecule has 0 amide bonds. The first-order chi connectivity index (χ1) is 39.0. The van der Waals surface area contributed by atoms with E-state index in [-0.39, 0.29) is 31.1 Å². The van der Waals surface area contributed by atoms with Crippen molar-refractivity contribution in [3.05, 3.63) is 36.5 Å². The first kappa shape index (κ1) is 76.6. The molecule has 6 heteroatoms. The number of ether oxygens (including phenoxy) is 3. The van der Waals surface area contributed by atoms with Gasteiger partial charge in [0.1, 0.15) is 13.2 Å². The Labute approximate surface area is 493 Å². The van der Waals surface area contributed by atoms with Crippen LogP contribution in [0.4, 0.5) is 0 Å². The van der Waals surface area contributed by atoms with Crippen molar-refractivity contribution < 1.29 is 28.6 Å². The Morgan fingerprint density at radius 2 is 0.456 bits per heavy atom. The van der Waals surface area contributed by atoms with Crippen LogP contribution >= 0.6 is 0 Å². The van der Waals surface area contributed by atoms with Crippen molar-refractivity contribution in [3.63, 3.8) is 0 Å². The van der Waals surface area contributed by atoms with Crippen LogP contribution in [-0.4, -0.2) is 37.2 Å². The van der Waals surface area contributed by atoms with Gasteiger partial charge in [0.05, 0.1) is 0 Å². The maximum atomic E-state index is 12.9. The zero-order chi connectivity index (χ0) is 57.1. The first-order valence-electron chi connectivity index (χ1n) is 35.5. The minimum Gasteiger partial charge on any atom is -0.462 e. The maximum absolute atomic E-state index is 12.9. The molecule has 0 spiro atoms. The second kappa shape index (κ2) is 68.1. The van der Waals surface area contributed by atoms with Gasteiger partial charge in [0, 0.05) is 19.3 Å². The topological polar surface area (TPSA) is 78.9 Å². The normalized spacial score (nSPS) is 12.2. The van der Waals surface area contributed by atoms with E-state index in [1.807, 2.05) is 0 Å². The molecule has 0 radical (unpaired) electrons. The van der Waals surface area contributed by atoms with Crippen molar-refractivity contribution in [2.45, 2.75) is 399 Å². The van der Waals surface area contributed by atoms with E-state index in [1.165, 1.54) is 283 Å². The predicted molar refractivity (Wildman–Crippen MR) is 344 cm³/mol. The fourth-order valence-corrected chi connectivity index (χ4v) is 10.8. The van der Waals surface area contributed by atoms with E-state index < -0.39 is 6.10 Å². The van der Waals surface area contributed by atoms with Gasteiger partial charge in [-0.15, -0.1) is 0 Å². The molecule has 1 atom stereocenters. The SMILES string of the molecule is CCCCCCC/C=C\C/C=C\CCCCCCCCCCCCCCCCCCCCCCCC(=O)OCC(COC(=O)CCCCCCCCCCCCCCC)OC(=O)CCCCCCC/C=C\CCCCCCCC. The molecule has 6 nitrogen and oxygen atoms in total. The molecule has 464 valence electrons. The van der Waals surface area contributed by atoms with Crippen LogP contribution < -0.4 is 0 Å². The van der Waals surface area contributed by atoms with E-state index in [2.05, 4.69) is 57.2 Å². The van der Waals surface area contributed by atoms with Crippen molar-refractivity contribution in [1.82, 2.24) is 0 Å². The predicted octanol–water partition coefficient (Wildman–Crippen LogP) is 24.3. The molecule has 1 unspecified atom stereocenters. The Morgan fingerprint density at radius 3 is 0.709 bits per heavy atom. The molecule has 0 aromatic heterocycles. The lowest BCUT2D eigenvalue weighted by atomic mass is 10.0. The van der Waals surface area contributed by atoms with Crippen molar-refractivity contribution in [2.24, 2.45) is 0 Å². The average molecular weight is 1110 g/mol. The van der Waals surface area contributed by atoms with E-state index in [4.69, 9.17) is 14.2 Å². The number of esters is 3. The number of allylic oxidation sites excluding steroid dienone is 6. The number of rotatable bonds is 66. The van der Waals surface area contributed by atoms with Crippen molar-refractivity contribution in [2.75, 3.05) is 13.2 Å². The van der Waals surface area contributed by atoms with Gasteiger partial charge in [-0.05, 0) is 77.0 Å². The van der Waals surface area contributed by atoms with Crippen LogP contribution in [0.3, 0.4) is 0 Å². The maximum Gasteiger partial charge on any atom is 0.306 e. The zero-order valence-corrected chi connectivity index (χ0v) is 53.4. The Hall–Kier alpha value is -2.37. The molecule has 0 bridgehead atoms. The molecule has 0 aliphatic rings. The van der Waals surface area contributed by atoms with Gasteiger partial charge in [0.2, 0.25) is 0 Å². The number of unbranched alkanes of at least 4 members (excludes halogenated alkanes) is 49. The van der Waals surface area contributed by atoms with Crippen molar-refractivity contribution in [3.8, 4) is 0 Å². The van der Waals surface area contributed by atoms with Gasteiger partial charge in [-0.25, -0.2) is 0 Å². The Morgan fingerprint density at radius 1 is 0.253 bits per heavy atom. The third-order valence-corrected chi connectivity index (χ3v) is 16.1. The van der Waals surface area contributed by atoms with Gasteiger partial charge in [-0.1, -0.05) is 333 Å². The highest BCUT2D eigenvalue weighted by atomic mass is 16.6. The Bertz CT molecular complexity index is 1320. The summed E-state index contributed by atoms with van der Waals surface area (Å²) in [7, 11) is 0. The summed E-state index contributed by atoms with van der Waals surface area (Å²) in [6, 6.07) is 0. The van der Waals surface area contributed by atoms with Crippen LogP contribution in [-0.2, 0) is 28.6 Å². The van der Waals surface area contributed by atoms with Crippen LogP contribution in [0.2, 0.25) is 0 Å². The van der Waals surface area contributed by atoms with E-state index in [0.29, 0.717) is 19.3 Å².